The zero-order valence-electron chi connectivity index (χ0n) is 14.6. The van der Waals surface area contributed by atoms with Gasteiger partial charge in [-0.3, -0.25) is 0 Å². The summed E-state index contributed by atoms with van der Waals surface area (Å²) in [5.41, 5.74) is 2.11. The standard InChI is InChI=1S/C18H28N2O2/c1-11(2)17-19-15(9-21-17)13(5)7-8-14(6)16-10-22-18(20-16)12(3)4/h9-14H,7-8H2,1-6H3. The Hall–Kier alpha value is -1.58. The van der Waals surface area contributed by atoms with Gasteiger partial charge in [0, 0.05) is 23.7 Å². The summed E-state index contributed by atoms with van der Waals surface area (Å²) in [4.78, 5) is 9.17. The van der Waals surface area contributed by atoms with Crippen molar-refractivity contribution in [1.29, 1.82) is 0 Å². The zero-order valence-corrected chi connectivity index (χ0v) is 14.6. The van der Waals surface area contributed by atoms with Crippen LogP contribution in [0.2, 0.25) is 0 Å². The SMILES string of the molecule is CC(C)c1nc(C(C)CCC(C)c2coc(C(C)C)n2)co1. The second kappa shape index (κ2) is 7.12. The molecule has 0 saturated heterocycles. The number of hydrogen-bond acceptors (Lipinski definition) is 4. The van der Waals surface area contributed by atoms with Gasteiger partial charge < -0.3 is 8.83 Å². The van der Waals surface area contributed by atoms with Crippen LogP contribution >= 0.6 is 0 Å². The minimum Gasteiger partial charge on any atom is -0.448 e. The van der Waals surface area contributed by atoms with E-state index in [4.69, 9.17) is 8.83 Å². The Morgan fingerprint density at radius 3 is 1.36 bits per heavy atom. The largest absolute Gasteiger partial charge is 0.448 e. The fourth-order valence-corrected chi connectivity index (χ4v) is 2.38. The predicted octanol–water partition coefficient (Wildman–Crippen LogP) is 5.60. The molecular weight excluding hydrogens is 276 g/mol. The second-order valence-corrected chi connectivity index (χ2v) is 6.91. The molecule has 0 fully saturated rings. The van der Waals surface area contributed by atoms with Crippen molar-refractivity contribution in [3.05, 3.63) is 35.7 Å². The number of aromatic nitrogens is 2. The lowest BCUT2D eigenvalue weighted by Crippen LogP contribution is -2.01. The molecule has 0 spiro atoms. The Bertz CT molecular complexity index is 531. The van der Waals surface area contributed by atoms with Gasteiger partial charge in [-0.15, -0.1) is 0 Å². The van der Waals surface area contributed by atoms with E-state index < -0.39 is 0 Å². The zero-order chi connectivity index (χ0) is 16.3. The van der Waals surface area contributed by atoms with Crippen molar-refractivity contribution in [1.82, 2.24) is 9.97 Å². The predicted molar refractivity (Wildman–Crippen MR) is 87.2 cm³/mol. The van der Waals surface area contributed by atoms with Gasteiger partial charge in [-0.1, -0.05) is 41.5 Å². The van der Waals surface area contributed by atoms with E-state index in [1.807, 2.05) is 0 Å². The van der Waals surface area contributed by atoms with E-state index in [9.17, 15) is 0 Å². The lowest BCUT2D eigenvalue weighted by molar-refractivity contribution is 0.469. The number of nitrogens with zero attached hydrogens (tertiary/aromatic N) is 2. The van der Waals surface area contributed by atoms with E-state index in [0.717, 1.165) is 36.0 Å². The molecule has 0 radical (unpaired) electrons. The van der Waals surface area contributed by atoms with E-state index >= 15 is 0 Å². The molecule has 0 saturated carbocycles. The van der Waals surface area contributed by atoms with Gasteiger partial charge in [0.1, 0.15) is 12.5 Å². The minimum absolute atomic E-state index is 0.337. The van der Waals surface area contributed by atoms with Crippen molar-refractivity contribution in [3.63, 3.8) is 0 Å². The number of rotatable bonds is 7. The molecule has 122 valence electrons. The Balaban J connectivity index is 1.90. The minimum atomic E-state index is 0.337. The van der Waals surface area contributed by atoms with Crippen LogP contribution in [0.4, 0.5) is 0 Å². The van der Waals surface area contributed by atoms with Gasteiger partial charge >= 0.3 is 0 Å². The molecule has 2 atom stereocenters. The molecule has 2 heterocycles. The Labute approximate surface area is 133 Å². The van der Waals surface area contributed by atoms with Crippen molar-refractivity contribution in [2.24, 2.45) is 0 Å². The topological polar surface area (TPSA) is 52.1 Å². The fraction of sp³-hybridized carbons (Fsp3) is 0.667. The van der Waals surface area contributed by atoms with Crippen LogP contribution in [0.3, 0.4) is 0 Å². The first-order valence-corrected chi connectivity index (χ1v) is 8.29. The summed E-state index contributed by atoms with van der Waals surface area (Å²) in [7, 11) is 0. The van der Waals surface area contributed by atoms with Crippen LogP contribution in [0.15, 0.2) is 21.4 Å². The highest BCUT2D eigenvalue weighted by Gasteiger charge is 2.17. The van der Waals surface area contributed by atoms with Crippen molar-refractivity contribution >= 4 is 0 Å². The van der Waals surface area contributed by atoms with Crippen LogP contribution < -0.4 is 0 Å². The average molecular weight is 304 g/mol. The van der Waals surface area contributed by atoms with Gasteiger partial charge in [-0.25, -0.2) is 9.97 Å². The molecule has 2 rings (SSSR count). The van der Waals surface area contributed by atoms with Gasteiger partial charge in [-0.2, -0.15) is 0 Å². The third kappa shape index (κ3) is 3.99. The van der Waals surface area contributed by atoms with E-state index in [-0.39, 0.29) is 0 Å². The molecule has 0 aliphatic carbocycles. The third-order valence-corrected chi connectivity index (χ3v) is 4.11. The van der Waals surface area contributed by atoms with Crippen LogP contribution in [-0.2, 0) is 0 Å². The molecule has 0 amide bonds. The fourth-order valence-electron chi connectivity index (χ4n) is 2.38. The van der Waals surface area contributed by atoms with Gasteiger partial charge in [0.15, 0.2) is 11.8 Å². The van der Waals surface area contributed by atoms with Gasteiger partial charge in [0.05, 0.1) is 11.4 Å². The summed E-state index contributed by atoms with van der Waals surface area (Å²) in [6.07, 6.45) is 5.74. The van der Waals surface area contributed by atoms with Crippen LogP contribution in [0, 0.1) is 0 Å². The molecule has 0 N–H and O–H groups in total. The van der Waals surface area contributed by atoms with Gasteiger partial charge in [0.2, 0.25) is 0 Å². The van der Waals surface area contributed by atoms with Crippen molar-refractivity contribution < 1.29 is 8.83 Å². The third-order valence-electron chi connectivity index (χ3n) is 4.11. The summed E-state index contributed by atoms with van der Waals surface area (Å²) in [6.45, 7) is 12.8. The maximum atomic E-state index is 5.53. The van der Waals surface area contributed by atoms with Gasteiger partial charge in [-0.05, 0) is 12.8 Å². The molecule has 0 aromatic carbocycles. The molecule has 2 aromatic rings. The first-order chi connectivity index (χ1) is 10.4. The maximum Gasteiger partial charge on any atom is 0.196 e. The molecule has 22 heavy (non-hydrogen) atoms. The van der Waals surface area contributed by atoms with Gasteiger partial charge in [0.25, 0.3) is 0 Å². The molecule has 2 unspecified atom stereocenters. The van der Waals surface area contributed by atoms with Crippen LogP contribution in [0.5, 0.6) is 0 Å². The Morgan fingerprint density at radius 1 is 0.727 bits per heavy atom. The molecule has 0 bridgehead atoms. The summed E-state index contributed by atoms with van der Waals surface area (Å²) in [5, 5.41) is 0. The van der Waals surface area contributed by atoms with Crippen LogP contribution in [-0.4, -0.2) is 9.97 Å². The number of hydrogen-bond donors (Lipinski definition) is 0. The smallest absolute Gasteiger partial charge is 0.196 e. The molecule has 4 heteroatoms. The summed E-state index contributed by atoms with van der Waals surface area (Å²) >= 11 is 0. The monoisotopic (exact) mass is 304 g/mol. The average Bonchev–Trinajstić information content (AvgIpc) is 3.12. The summed E-state index contributed by atoms with van der Waals surface area (Å²) in [6, 6.07) is 0. The Kier molecular flexibility index (Phi) is 5.43. The van der Waals surface area contributed by atoms with Crippen molar-refractivity contribution in [3.8, 4) is 0 Å². The first-order valence-electron chi connectivity index (χ1n) is 8.29. The van der Waals surface area contributed by atoms with E-state index in [1.165, 1.54) is 0 Å². The lowest BCUT2D eigenvalue weighted by atomic mass is 9.94. The van der Waals surface area contributed by atoms with Crippen molar-refractivity contribution in [2.75, 3.05) is 0 Å². The normalized spacial score (nSPS) is 14.7. The highest BCUT2D eigenvalue weighted by Crippen LogP contribution is 2.28. The quantitative estimate of drug-likeness (QED) is 0.668. The van der Waals surface area contributed by atoms with Crippen LogP contribution in [0.1, 0.15) is 101 Å². The highest BCUT2D eigenvalue weighted by molar-refractivity contribution is 5.07. The number of oxazole rings is 2. The Morgan fingerprint density at radius 2 is 1.09 bits per heavy atom. The van der Waals surface area contributed by atoms with Crippen LogP contribution in [0.25, 0.3) is 0 Å². The summed E-state index contributed by atoms with van der Waals surface area (Å²) < 4.78 is 11.1. The molecule has 4 nitrogen and oxygen atoms in total. The first kappa shape index (κ1) is 16.8. The molecule has 0 aliphatic heterocycles. The molecule has 0 aliphatic rings. The highest BCUT2D eigenvalue weighted by atomic mass is 16.3. The molecular formula is C18H28N2O2. The van der Waals surface area contributed by atoms with Crippen molar-refractivity contribution in [2.45, 2.75) is 78.1 Å². The van der Waals surface area contributed by atoms with E-state index in [0.29, 0.717) is 23.7 Å². The van der Waals surface area contributed by atoms with E-state index in [1.54, 1.807) is 12.5 Å². The second-order valence-electron chi connectivity index (χ2n) is 6.91. The van der Waals surface area contributed by atoms with E-state index in [2.05, 4.69) is 51.5 Å². The maximum absolute atomic E-state index is 5.53. The molecule has 2 aromatic heterocycles. The summed E-state index contributed by atoms with van der Waals surface area (Å²) in [5.74, 6) is 3.13. The lowest BCUT2D eigenvalue weighted by Gasteiger charge is -2.11.